The fourth-order valence-corrected chi connectivity index (χ4v) is 1.98. The Hall–Kier alpha value is -1.35. The van der Waals surface area contributed by atoms with Crippen molar-refractivity contribution in [3.63, 3.8) is 0 Å². The molecule has 0 spiro atoms. The smallest absolute Gasteiger partial charge is 0.146 e. The van der Waals surface area contributed by atoms with Crippen LogP contribution in [0.15, 0.2) is 36.4 Å². The standard InChI is InChI=1S/C15H21FN2/c1-3-18(15-7-5-4-6-14(15)16)11-12(2)10-17-13-8-9-13/h4-7,13,17H,2-3,8-11H2,1H3. The summed E-state index contributed by atoms with van der Waals surface area (Å²) in [5.41, 5.74) is 1.76. The van der Waals surface area contributed by atoms with E-state index in [1.165, 1.54) is 18.9 Å². The van der Waals surface area contributed by atoms with Crippen LogP contribution in [0.4, 0.5) is 10.1 Å². The van der Waals surface area contributed by atoms with Gasteiger partial charge in [-0.05, 0) is 37.5 Å². The summed E-state index contributed by atoms with van der Waals surface area (Å²) in [6, 6.07) is 7.59. The first kappa shape index (κ1) is 13.1. The van der Waals surface area contributed by atoms with Gasteiger partial charge >= 0.3 is 0 Å². The highest BCUT2D eigenvalue weighted by Crippen LogP contribution is 2.20. The number of para-hydroxylation sites is 1. The molecule has 3 heteroatoms. The zero-order valence-electron chi connectivity index (χ0n) is 11.0. The topological polar surface area (TPSA) is 15.3 Å². The summed E-state index contributed by atoms with van der Waals surface area (Å²) in [5.74, 6) is -0.165. The van der Waals surface area contributed by atoms with Crippen LogP contribution in [0.25, 0.3) is 0 Å². The van der Waals surface area contributed by atoms with E-state index in [-0.39, 0.29) is 5.82 Å². The summed E-state index contributed by atoms with van der Waals surface area (Å²) in [4.78, 5) is 2.02. The summed E-state index contributed by atoms with van der Waals surface area (Å²) in [6.07, 6.45) is 2.55. The number of hydrogen-bond acceptors (Lipinski definition) is 2. The molecule has 98 valence electrons. The quantitative estimate of drug-likeness (QED) is 0.746. The fraction of sp³-hybridized carbons (Fsp3) is 0.467. The second kappa shape index (κ2) is 6.01. The molecule has 18 heavy (non-hydrogen) atoms. The van der Waals surface area contributed by atoms with E-state index < -0.39 is 0 Å². The van der Waals surface area contributed by atoms with Gasteiger partial charge in [0.25, 0.3) is 0 Å². The number of rotatable bonds is 7. The van der Waals surface area contributed by atoms with Crippen LogP contribution >= 0.6 is 0 Å². The summed E-state index contributed by atoms with van der Waals surface area (Å²) < 4.78 is 13.7. The molecule has 1 fully saturated rings. The minimum absolute atomic E-state index is 0.165. The largest absolute Gasteiger partial charge is 0.365 e. The second-order valence-electron chi connectivity index (χ2n) is 4.87. The lowest BCUT2D eigenvalue weighted by molar-refractivity contribution is 0.619. The second-order valence-corrected chi connectivity index (χ2v) is 4.87. The minimum Gasteiger partial charge on any atom is -0.365 e. The number of nitrogens with zero attached hydrogens (tertiary/aromatic N) is 1. The van der Waals surface area contributed by atoms with Gasteiger partial charge in [0.15, 0.2) is 0 Å². The molecule has 0 amide bonds. The van der Waals surface area contributed by atoms with Crippen molar-refractivity contribution < 1.29 is 4.39 Å². The van der Waals surface area contributed by atoms with E-state index in [4.69, 9.17) is 0 Å². The first-order valence-corrected chi connectivity index (χ1v) is 6.60. The summed E-state index contributed by atoms with van der Waals surface area (Å²) in [6.45, 7) is 8.42. The van der Waals surface area contributed by atoms with Crippen LogP contribution < -0.4 is 10.2 Å². The SMILES string of the molecule is C=C(CNC1CC1)CN(CC)c1ccccc1F. The molecule has 1 aromatic rings. The van der Waals surface area contributed by atoms with Gasteiger partial charge in [-0.25, -0.2) is 4.39 Å². The molecule has 1 aliphatic carbocycles. The Bertz CT molecular complexity index is 413. The lowest BCUT2D eigenvalue weighted by atomic mass is 10.2. The predicted molar refractivity (Wildman–Crippen MR) is 74.5 cm³/mol. The molecule has 2 nitrogen and oxygen atoms in total. The van der Waals surface area contributed by atoms with Crippen LogP contribution in [-0.4, -0.2) is 25.7 Å². The Morgan fingerprint density at radius 2 is 2.17 bits per heavy atom. The zero-order chi connectivity index (χ0) is 13.0. The van der Waals surface area contributed by atoms with Gasteiger partial charge in [0.05, 0.1) is 5.69 Å². The molecule has 1 aliphatic rings. The van der Waals surface area contributed by atoms with E-state index in [9.17, 15) is 4.39 Å². The average molecular weight is 248 g/mol. The van der Waals surface area contributed by atoms with Gasteiger partial charge in [-0.1, -0.05) is 18.7 Å². The third-order valence-corrected chi connectivity index (χ3v) is 3.21. The third kappa shape index (κ3) is 3.57. The Labute approximate surface area is 108 Å². The molecule has 1 N–H and O–H groups in total. The molecule has 0 aliphatic heterocycles. The maximum Gasteiger partial charge on any atom is 0.146 e. The van der Waals surface area contributed by atoms with Gasteiger partial charge in [-0.15, -0.1) is 0 Å². The van der Waals surface area contributed by atoms with Gasteiger partial charge in [-0.2, -0.15) is 0 Å². The number of anilines is 1. The van der Waals surface area contributed by atoms with Crippen molar-refractivity contribution in [2.45, 2.75) is 25.8 Å². The van der Waals surface area contributed by atoms with E-state index >= 15 is 0 Å². The molecule has 0 aromatic heterocycles. The van der Waals surface area contributed by atoms with Crippen LogP contribution in [0.3, 0.4) is 0 Å². The predicted octanol–water partition coefficient (Wildman–Crippen LogP) is 2.96. The highest BCUT2D eigenvalue weighted by molar-refractivity contribution is 5.48. The maximum atomic E-state index is 13.7. The van der Waals surface area contributed by atoms with Crippen LogP contribution in [-0.2, 0) is 0 Å². The molecule has 0 unspecified atom stereocenters. The number of likely N-dealkylation sites (N-methyl/N-ethyl adjacent to an activating group) is 1. The molecule has 0 heterocycles. The summed E-state index contributed by atoms with van der Waals surface area (Å²) >= 11 is 0. The fourth-order valence-electron chi connectivity index (χ4n) is 1.98. The summed E-state index contributed by atoms with van der Waals surface area (Å²) in [5, 5.41) is 3.43. The normalized spacial score (nSPS) is 14.6. The number of halogens is 1. The van der Waals surface area contributed by atoms with E-state index in [0.29, 0.717) is 18.3 Å². The summed E-state index contributed by atoms with van der Waals surface area (Å²) in [7, 11) is 0. The van der Waals surface area contributed by atoms with Gasteiger partial charge in [0.1, 0.15) is 5.82 Å². The van der Waals surface area contributed by atoms with Gasteiger partial charge in [0, 0.05) is 25.7 Å². The highest BCUT2D eigenvalue weighted by Gasteiger charge is 2.20. The lowest BCUT2D eigenvalue weighted by Gasteiger charge is -2.24. The van der Waals surface area contributed by atoms with E-state index in [1.54, 1.807) is 6.07 Å². The molecular weight excluding hydrogens is 227 g/mol. The van der Waals surface area contributed by atoms with Crippen molar-refractivity contribution in [1.29, 1.82) is 0 Å². The molecule has 2 rings (SSSR count). The van der Waals surface area contributed by atoms with Gasteiger partial charge < -0.3 is 10.2 Å². The number of hydrogen-bond donors (Lipinski definition) is 1. The first-order chi connectivity index (χ1) is 8.70. The van der Waals surface area contributed by atoms with Crippen molar-refractivity contribution in [2.75, 3.05) is 24.5 Å². The average Bonchev–Trinajstić information content (AvgIpc) is 3.18. The molecule has 1 aromatic carbocycles. The minimum atomic E-state index is -0.165. The first-order valence-electron chi connectivity index (χ1n) is 6.60. The van der Waals surface area contributed by atoms with E-state index in [0.717, 1.165) is 18.7 Å². The molecule has 0 bridgehead atoms. The van der Waals surface area contributed by atoms with Crippen LogP contribution in [0.2, 0.25) is 0 Å². The monoisotopic (exact) mass is 248 g/mol. The lowest BCUT2D eigenvalue weighted by Crippen LogP contribution is -2.30. The van der Waals surface area contributed by atoms with E-state index in [1.807, 2.05) is 24.0 Å². The molecular formula is C15H21FN2. The van der Waals surface area contributed by atoms with Crippen LogP contribution in [0.5, 0.6) is 0 Å². The van der Waals surface area contributed by atoms with E-state index in [2.05, 4.69) is 11.9 Å². The van der Waals surface area contributed by atoms with Crippen molar-refractivity contribution in [3.8, 4) is 0 Å². The Morgan fingerprint density at radius 3 is 2.78 bits per heavy atom. The zero-order valence-corrected chi connectivity index (χ0v) is 11.0. The highest BCUT2D eigenvalue weighted by atomic mass is 19.1. The molecule has 1 saturated carbocycles. The maximum absolute atomic E-state index is 13.7. The van der Waals surface area contributed by atoms with Gasteiger partial charge in [0.2, 0.25) is 0 Å². The molecule has 0 atom stereocenters. The molecule has 0 radical (unpaired) electrons. The van der Waals surface area contributed by atoms with Crippen molar-refractivity contribution in [3.05, 3.63) is 42.2 Å². The Balaban J connectivity index is 1.91. The van der Waals surface area contributed by atoms with Crippen molar-refractivity contribution in [1.82, 2.24) is 5.32 Å². The molecule has 0 saturated heterocycles. The number of benzene rings is 1. The number of nitrogens with one attached hydrogen (secondary N) is 1. The van der Waals surface area contributed by atoms with Crippen LogP contribution in [0, 0.1) is 5.82 Å². The Kier molecular flexibility index (Phi) is 4.37. The third-order valence-electron chi connectivity index (χ3n) is 3.21. The Morgan fingerprint density at radius 1 is 1.44 bits per heavy atom. The van der Waals surface area contributed by atoms with Crippen LogP contribution in [0.1, 0.15) is 19.8 Å². The van der Waals surface area contributed by atoms with Crippen molar-refractivity contribution >= 4 is 5.69 Å². The van der Waals surface area contributed by atoms with Crippen molar-refractivity contribution in [2.24, 2.45) is 0 Å². The van der Waals surface area contributed by atoms with Gasteiger partial charge in [-0.3, -0.25) is 0 Å².